The Kier molecular flexibility index (Phi) is 6.70. The Balaban J connectivity index is 1.63. The standard InChI is InChI=1S/C20H28N2O4S2/c1-3-17-20(24)22-16-9-8-14(12-18(16)27-17)28(25,26)11-10-19(23)21-15-7-5-4-6-13(15)2/h8-9,12-13,15,17H,3-7,10-11H2,1-2H3,(H,21,23)(H,22,24). The summed E-state index contributed by atoms with van der Waals surface area (Å²) in [7, 11) is -3.57. The molecule has 3 rings (SSSR count). The van der Waals surface area contributed by atoms with Gasteiger partial charge in [0.2, 0.25) is 11.8 Å². The van der Waals surface area contributed by atoms with Crippen LogP contribution in [0.2, 0.25) is 0 Å². The first-order valence-corrected chi connectivity index (χ1v) is 12.5. The van der Waals surface area contributed by atoms with E-state index in [0.29, 0.717) is 18.0 Å². The molecule has 1 aliphatic heterocycles. The number of fused-ring (bicyclic) bond motifs is 1. The fourth-order valence-corrected chi connectivity index (χ4v) is 6.16. The van der Waals surface area contributed by atoms with Crippen molar-refractivity contribution in [2.75, 3.05) is 11.1 Å². The average Bonchev–Trinajstić information content (AvgIpc) is 2.67. The minimum absolute atomic E-state index is 0.0376. The monoisotopic (exact) mass is 424 g/mol. The predicted octanol–water partition coefficient (Wildman–Crippen LogP) is 3.37. The lowest BCUT2D eigenvalue weighted by Gasteiger charge is -2.29. The molecule has 0 aromatic heterocycles. The lowest BCUT2D eigenvalue weighted by molar-refractivity contribution is -0.122. The number of sulfone groups is 1. The molecule has 2 N–H and O–H groups in total. The van der Waals surface area contributed by atoms with Crippen LogP contribution in [0.1, 0.15) is 52.4 Å². The van der Waals surface area contributed by atoms with Crippen molar-refractivity contribution in [3.8, 4) is 0 Å². The molecule has 0 saturated heterocycles. The van der Waals surface area contributed by atoms with Gasteiger partial charge in [-0.3, -0.25) is 9.59 Å². The summed E-state index contributed by atoms with van der Waals surface area (Å²) >= 11 is 1.39. The molecule has 0 radical (unpaired) electrons. The van der Waals surface area contributed by atoms with Crippen LogP contribution in [-0.2, 0) is 19.4 Å². The topological polar surface area (TPSA) is 92.3 Å². The quantitative estimate of drug-likeness (QED) is 0.730. The lowest BCUT2D eigenvalue weighted by atomic mass is 9.86. The molecule has 3 unspecified atom stereocenters. The highest BCUT2D eigenvalue weighted by Gasteiger charge is 2.28. The van der Waals surface area contributed by atoms with Gasteiger partial charge in [-0.1, -0.05) is 26.7 Å². The zero-order valence-electron chi connectivity index (χ0n) is 16.4. The Morgan fingerprint density at radius 2 is 2.04 bits per heavy atom. The molecular formula is C20H28N2O4S2. The van der Waals surface area contributed by atoms with Gasteiger partial charge in [-0.2, -0.15) is 0 Å². The first kappa shape index (κ1) is 21.2. The molecule has 2 aliphatic rings. The second kappa shape index (κ2) is 8.86. The number of anilines is 1. The molecular weight excluding hydrogens is 396 g/mol. The lowest BCUT2D eigenvalue weighted by Crippen LogP contribution is -2.41. The number of benzene rings is 1. The van der Waals surface area contributed by atoms with Gasteiger partial charge in [0.15, 0.2) is 9.84 Å². The summed E-state index contributed by atoms with van der Waals surface area (Å²) in [5.74, 6) is -0.0293. The number of carbonyl (C=O) groups is 2. The van der Waals surface area contributed by atoms with Crippen LogP contribution in [0.15, 0.2) is 28.0 Å². The molecule has 0 bridgehead atoms. The SMILES string of the molecule is CCC1Sc2cc(S(=O)(=O)CCC(=O)NC3CCCCC3C)ccc2NC1=O. The molecule has 1 heterocycles. The van der Waals surface area contributed by atoms with E-state index in [-0.39, 0.29) is 40.2 Å². The summed E-state index contributed by atoms with van der Waals surface area (Å²) in [6, 6.07) is 4.89. The van der Waals surface area contributed by atoms with Crippen molar-refractivity contribution in [1.82, 2.24) is 5.32 Å². The third kappa shape index (κ3) is 4.89. The van der Waals surface area contributed by atoms with Crippen molar-refractivity contribution in [3.05, 3.63) is 18.2 Å². The summed E-state index contributed by atoms with van der Waals surface area (Å²) in [6.45, 7) is 4.06. The van der Waals surface area contributed by atoms with Crippen LogP contribution in [-0.4, -0.2) is 37.3 Å². The van der Waals surface area contributed by atoms with Gasteiger partial charge in [-0.05, 0) is 43.4 Å². The smallest absolute Gasteiger partial charge is 0.237 e. The molecule has 3 atom stereocenters. The van der Waals surface area contributed by atoms with E-state index in [0.717, 1.165) is 24.2 Å². The van der Waals surface area contributed by atoms with Crippen LogP contribution in [0.4, 0.5) is 5.69 Å². The average molecular weight is 425 g/mol. The molecule has 6 nitrogen and oxygen atoms in total. The molecule has 0 spiro atoms. The number of nitrogens with one attached hydrogen (secondary N) is 2. The molecule has 28 heavy (non-hydrogen) atoms. The van der Waals surface area contributed by atoms with Crippen molar-refractivity contribution in [1.29, 1.82) is 0 Å². The van der Waals surface area contributed by atoms with Crippen molar-refractivity contribution < 1.29 is 18.0 Å². The van der Waals surface area contributed by atoms with Crippen molar-refractivity contribution in [3.63, 3.8) is 0 Å². The van der Waals surface area contributed by atoms with Gasteiger partial charge in [-0.25, -0.2) is 8.42 Å². The van der Waals surface area contributed by atoms with E-state index in [2.05, 4.69) is 17.6 Å². The number of amides is 2. The third-order valence-corrected chi connectivity index (χ3v) is 8.70. The molecule has 1 aromatic carbocycles. The molecule has 2 amide bonds. The summed E-state index contributed by atoms with van der Waals surface area (Å²) < 4.78 is 25.4. The fourth-order valence-electron chi connectivity index (χ4n) is 3.74. The summed E-state index contributed by atoms with van der Waals surface area (Å²) in [5, 5.41) is 5.61. The van der Waals surface area contributed by atoms with E-state index in [4.69, 9.17) is 0 Å². The highest BCUT2D eigenvalue weighted by atomic mass is 32.2. The van der Waals surface area contributed by atoms with Crippen LogP contribution in [0.3, 0.4) is 0 Å². The Hall–Kier alpha value is -1.54. The van der Waals surface area contributed by atoms with Gasteiger partial charge >= 0.3 is 0 Å². The number of carbonyl (C=O) groups excluding carboxylic acids is 2. The Bertz CT molecular complexity index is 854. The third-order valence-electron chi connectivity index (χ3n) is 5.56. The zero-order chi connectivity index (χ0) is 20.3. The van der Waals surface area contributed by atoms with Crippen LogP contribution in [0, 0.1) is 5.92 Å². The zero-order valence-corrected chi connectivity index (χ0v) is 18.0. The largest absolute Gasteiger partial charge is 0.353 e. The highest BCUT2D eigenvalue weighted by Crippen LogP contribution is 2.38. The summed E-state index contributed by atoms with van der Waals surface area (Å²) in [6.07, 6.45) is 5.00. The Morgan fingerprint density at radius 3 is 2.75 bits per heavy atom. The van der Waals surface area contributed by atoms with E-state index < -0.39 is 9.84 Å². The minimum Gasteiger partial charge on any atom is -0.353 e. The Labute approximate surface area is 171 Å². The number of hydrogen-bond donors (Lipinski definition) is 2. The molecule has 154 valence electrons. The second-order valence-corrected chi connectivity index (χ2v) is 11.0. The molecule has 1 saturated carbocycles. The normalized spacial score (nSPS) is 24.9. The van der Waals surface area contributed by atoms with E-state index in [1.807, 2.05) is 6.92 Å². The van der Waals surface area contributed by atoms with Gasteiger partial charge in [0.25, 0.3) is 0 Å². The van der Waals surface area contributed by atoms with E-state index in [1.165, 1.54) is 24.2 Å². The number of thioether (sulfide) groups is 1. The molecule has 1 aromatic rings. The fraction of sp³-hybridized carbons (Fsp3) is 0.600. The highest BCUT2D eigenvalue weighted by molar-refractivity contribution is 8.01. The van der Waals surface area contributed by atoms with Crippen molar-refractivity contribution >= 4 is 39.1 Å². The summed E-state index contributed by atoms with van der Waals surface area (Å²) in [4.78, 5) is 25.2. The maximum absolute atomic E-state index is 12.7. The van der Waals surface area contributed by atoms with Crippen LogP contribution in [0.5, 0.6) is 0 Å². The first-order valence-electron chi connectivity index (χ1n) is 9.94. The first-order chi connectivity index (χ1) is 13.3. The van der Waals surface area contributed by atoms with E-state index >= 15 is 0 Å². The minimum atomic E-state index is -3.57. The maximum atomic E-state index is 12.7. The van der Waals surface area contributed by atoms with Gasteiger partial charge in [-0.15, -0.1) is 11.8 Å². The van der Waals surface area contributed by atoms with Crippen molar-refractivity contribution in [2.24, 2.45) is 5.92 Å². The predicted molar refractivity (Wildman–Crippen MR) is 111 cm³/mol. The van der Waals surface area contributed by atoms with E-state index in [9.17, 15) is 18.0 Å². The second-order valence-electron chi connectivity index (χ2n) is 7.67. The van der Waals surface area contributed by atoms with E-state index in [1.54, 1.807) is 12.1 Å². The number of rotatable bonds is 6. The molecule has 1 aliphatic carbocycles. The van der Waals surface area contributed by atoms with Gasteiger partial charge in [0.1, 0.15) is 0 Å². The van der Waals surface area contributed by atoms with Gasteiger partial charge in [0, 0.05) is 17.4 Å². The number of hydrogen-bond acceptors (Lipinski definition) is 5. The van der Waals surface area contributed by atoms with Gasteiger partial charge in [0.05, 0.1) is 21.6 Å². The Morgan fingerprint density at radius 1 is 1.29 bits per heavy atom. The van der Waals surface area contributed by atoms with Gasteiger partial charge < -0.3 is 10.6 Å². The summed E-state index contributed by atoms with van der Waals surface area (Å²) in [5.41, 5.74) is 0.641. The molecule has 8 heteroatoms. The van der Waals surface area contributed by atoms with Crippen molar-refractivity contribution in [2.45, 2.75) is 73.5 Å². The van der Waals surface area contributed by atoms with Crippen LogP contribution < -0.4 is 10.6 Å². The molecule has 1 fully saturated rings. The maximum Gasteiger partial charge on any atom is 0.237 e. The van der Waals surface area contributed by atoms with Crippen LogP contribution in [0.25, 0.3) is 0 Å². The van der Waals surface area contributed by atoms with Crippen LogP contribution >= 0.6 is 11.8 Å².